The van der Waals surface area contributed by atoms with E-state index in [0.29, 0.717) is 0 Å². The van der Waals surface area contributed by atoms with Crippen LogP contribution in [0, 0.1) is 5.92 Å². The van der Waals surface area contributed by atoms with Crippen molar-refractivity contribution in [2.45, 2.75) is 125 Å². The lowest BCUT2D eigenvalue weighted by Crippen LogP contribution is -1.77. The van der Waals surface area contributed by atoms with E-state index in [2.05, 4.69) is 71.1 Å². The van der Waals surface area contributed by atoms with Gasteiger partial charge in [0.1, 0.15) is 0 Å². The molecular weight excluding hydrogens is 312 g/mol. The van der Waals surface area contributed by atoms with E-state index >= 15 is 0 Å². The third kappa shape index (κ3) is 34.5. The van der Waals surface area contributed by atoms with Gasteiger partial charge in [0.25, 0.3) is 0 Å². The Morgan fingerprint density at radius 1 is 0.577 bits per heavy atom. The molecule has 154 valence electrons. The Bertz CT molecular complexity index is 302. The van der Waals surface area contributed by atoms with E-state index in [9.17, 15) is 0 Å². The molecule has 1 aliphatic carbocycles. The maximum absolute atomic E-state index is 2.34. The van der Waals surface area contributed by atoms with E-state index in [1.165, 1.54) is 70.6 Å². The van der Waals surface area contributed by atoms with E-state index < -0.39 is 0 Å². The standard InChI is InChI=1S/C18H32.C4H8.C4H10/c1-3-5-7-9-11-13-15-17-18-16-14-12-10-8-6-4-2;1-4-2-3-4;1-3-4-2/h5,7,11,13,17-18H,3-4,6,8-10,12,14-16H2,1-2H3;4H,2-3H2,1H3;3-4H2,1-2H3/b7-5-,13-11-,18-17-;;. The van der Waals surface area contributed by atoms with E-state index in [1.54, 1.807) is 0 Å². The minimum atomic E-state index is 1.08. The summed E-state index contributed by atoms with van der Waals surface area (Å²) in [6, 6.07) is 0. The smallest absolute Gasteiger partial charge is 0.0169 e. The zero-order chi connectivity index (χ0) is 19.7. The van der Waals surface area contributed by atoms with Crippen LogP contribution in [-0.2, 0) is 0 Å². The molecule has 0 aromatic rings. The first-order valence-corrected chi connectivity index (χ1v) is 11.7. The van der Waals surface area contributed by atoms with Crippen molar-refractivity contribution >= 4 is 0 Å². The summed E-state index contributed by atoms with van der Waals surface area (Å²) in [5.41, 5.74) is 0. The predicted octanol–water partition coefficient (Wildman–Crippen LogP) is 9.82. The Labute approximate surface area is 167 Å². The number of allylic oxidation sites excluding steroid dienone is 6. The quantitative estimate of drug-likeness (QED) is 0.226. The summed E-state index contributed by atoms with van der Waals surface area (Å²) in [7, 11) is 0. The van der Waals surface area contributed by atoms with Gasteiger partial charge in [0.2, 0.25) is 0 Å². The van der Waals surface area contributed by atoms with Crippen LogP contribution in [0.25, 0.3) is 0 Å². The first kappa shape index (κ1) is 27.4. The monoisotopic (exact) mass is 362 g/mol. The minimum absolute atomic E-state index is 1.08. The van der Waals surface area contributed by atoms with Crippen LogP contribution in [-0.4, -0.2) is 0 Å². The van der Waals surface area contributed by atoms with Gasteiger partial charge in [-0.2, -0.15) is 0 Å². The van der Waals surface area contributed by atoms with Crippen molar-refractivity contribution in [3.8, 4) is 0 Å². The van der Waals surface area contributed by atoms with Crippen LogP contribution in [0.2, 0.25) is 0 Å². The highest BCUT2D eigenvalue weighted by Crippen LogP contribution is 2.26. The average molecular weight is 363 g/mol. The summed E-state index contributed by atoms with van der Waals surface area (Å²) in [6.07, 6.45) is 32.2. The molecule has 0 nitrogen and oxygen atoms in total. The van der Waals surface area contributed by atoms with Gasteiger partial charge in [0.15, 0.2) is 0 Å². The van der Waals surface area contributed by atoms with E-state index in [4.69, 9.17) is 0 Å². The Hall–Kier alpha value is -0.780. The van der Waals surface area contributed by atoms with Gasteiger partial charge in [0, 0.05) is 0 Å². The second kappa shape index (κ2) is 26.4. The molecule has 0 saturated heterocycles. The van der Waals surface area contributed by atoms with Crippen molar-refractivity contribution in [1.29, 1.82) is 0 Å². The maximum Gasteiger partial charge on any atom is -0.0169 e. The number of hydrogen-bond donors (Lipinski definition) is 0. The van der Waals surface area contributed by atoms with Crippen LogP contribution in [0.4, 0.5) is 0 Å². The van der Waals surface area contributed by atoms with Gasteiger partial charge < -0.3 is 0 Å². The lowest BCUT2D eigenvalue weighted by molar-refractivity contribution is 0.611. The molecule has 0 atom stereocenters. The van der Waals surface area contributed by atoms with E-state index in [1.807, 2.05) is 0 Å². The topological polar surface area (TPSA) is 0 Å². The maximum atomic E-state index is 2.34. The van der Waals surface area contributed by atoms with Gasteiger partial charge in [-0.05, 0) is 38.0 Å². The van der Waals surface area contributed by atoms with Crippen molar-refractivity contribution in [2.24, 2.45) is 5.92 Å². The van der Waals surface area contributed by atoms with Crippen LogP contribution >= 0.6 is 0 Å². The van der Waals surface area contributed by atoms with Crippen molar-refractivity contribution in [2.75, 3.05) is 0 Å². The SMILES string of the molecule is CC/C=C\C/C=C\C/C=C\CCCCCCCC.CC1CC1.CCCC. The Kier molecular flexibility index (Phi) is 27.9. The molecule has 0 aromatic heterocycles. The number of rotatable bonds is 13. The highest BCUT2D eigenvalue weighted by Gasteiger charge is 2.12. The highest BCUT2D eigenvalue weighted by atomic mass is 14.2. The van der Waals surface area contributed by atoms with Crippen LogP contribution in [0.1, 0.15) is 125 Å². The fourth-order valence-corrected chi connectivity index (χ4v) is 2.04. The lowest BCUT2D eigenvalue weighted by Gasteiger charge is -1.97. The van der Waals surface area contributed by atoms with Gasteiger partial charge >= 0.3 is 0 Å². The van der Waals surface area contributed by atoms with Gasteiger partial charge in [0.05, 0.1) is 0 Å². The molecule has 1 fully saturated rings. The molecule has 0 heterocycles. The Morgan fingerprint density at radius 2 is 1.04 bits per heavy atom. The first-order chi connectivity index (χ1) is 12.7. The lowest BCUT2D eigenvalue weighted by atomic mass is 10.1. The zero-order valence-corrected chi connectivity index (χ0v) is 18.9. The molecule has 1 rings (SSSR count). The average Bonchev–Trinajstić information content (AvgIpc) is 3.45. The molecule has 0 unspecified atom stereocenters. The van der Waals surface area contributed by atoms with Gasteiger partial charge in [-0.25, -0.2) is 0 Å². The molecule has 0 aromatic carbocycles. The summed E-state index contributed by atoms with van der Waals surface area (Å²) in [4.78, 5) is 0. The van der Waals surface area contributed by atoms with Crippen molar-refractivity contribution < 1.29 is 0 Å². The van der Waals surface area contributed by atoms with Crippen molar-refractivity contribution in [1.82, 2.24) is 0 Å². The summed E-state index contributed by atoms with van der Waals surface area (Å²) in [6.45, 7) is 11.1. The van der Waals surface area contributed by atoms with Crippen LogP contribution < -0.4 is 0 Å². The molecule has 0 aliphatic heterocycles. The second-order valence-corrected chi connectivity index (χ2v) is 7.53. The van der Waals surface area contributed by atoms with Gasteiger partial charge in [-0.1, -0.05) is 129 Å². The molecule has 1 aliphatic rings. The number of hydrogen-bond acceptors (Lipinski definition) is 0. The number of unbranched alkanes of at least 4 members (excludes halogenated alkanes) is 7. The molecule has 0 N–H and O–H groups in total. The normalized spacial score (nSPS) is 13.7. The predicted molar refractivity (Wildman–Crippen MR) is 124 cm³/mol. The Balaban J connectivity index is 0. The minimum Gasteiger partial charge on any atom is -0.0885 e. The third-order valence-electron chi connectivity index (χ3n) is 4.37. The largest absolute Gasteiger partial charge is 0.0885 e. The molecule has 0 spiro atoms. The zero-order valence-electron chi connectivity index (χ0n) is 18.9. The van der Waals surface area contributed by atoms with Gasteiger partial charge in [-0.3, -0.25) is 0 Å². The second-order valence-electron chi connectivity index (χ2n) is 7.53. The molecule has 26 heavy (non-hydrogen) atoms. The fourth-order valence-electron chi connectivity index (χ4n) is 2.04. The van der Waals surface area contributed by atoms with Gasteiger partial charge in [-0.15, -0.1) is 0 Å². The Morgan fingerprint density at radius 3 is 1.50 bits per heavy atom. The molecule has 0 amide bonds. The van der Waals surface area contributed by atoms with Crippen LogP contribution in [0.5, 0.6) is 0 Å². The van der Waals surface area contributed by atoms with E-state index in [-0.39, 0.29) is 0 Å². The molecule has 1 saturated carbocycles. The van der Waals surface area contributed by atoms with Crippen LogP contribution in [0.15, 0.2) is 36.5 Å². The highest BCUT2D eigenvalue weighted by molar-refractivity contribution is 4.96. The summed E-state index contributed by atoms with van der Waals surface area (Å²) >= 11 is 0. The first-order valence-electron chi connectivity index (χ1n) is 11.7. The third-order valence-corrected chi connectivity index (χ3v) is 4.37. The summed E-state index contributed by atoms with van der Waals surface area (Å²) in [5.74, 6) is 1.08. The fraction of sp³-hybridized carbons (Fsp3) is 0.769. The van der Waals surface area contributed by atoms with Crippen LogP contribution in [0.3, 0.4) is 0 Å². The summed E-state index contributed by atoms with van der Waals surface area (Å²) in [5, 5.41) is 0. The molecular formula is C26H50. The van der Waals surface area contributed by atoms with Crippen molar-refractivity contribution in [3.05, 3.63) is 36.5 Å². The molecule has 0 radical (unpaired) electrons. The summed E-state index contributed by atoms with van der Waals surface area (Å²) < 4.78 is 0. The van der Waals surface area contributed by atoms with E-state index in [0.717, 1.165) is 25.2 Å². The molecule has 0 heteroatoms. The van der Waals surface area contributed by atoms with Crippen molar-refractivity contribution in [3.63, 3.8) is 0 Å². The molecule has 0 bridgehead atoms.